The van der Waals surface area contributed by atoms with E-state index in [0.717, 1.165) is 57.9 Å². The number of hydrogen-bond donors (Lipinski definition) is 4. The lowest BCUT2D eigenvalue weighted by atomic mass is 10.1. The predicted molar refractivity (Wildman–Crippen MR) is 212 cm³/mol. The number of nitrogens with zero attached hydrogens (tertiary/aromatic N) is 6. The maximum Gasteiger partial charge on any atom is 0.405 e. The quantitative estimate of drug-likeness (QED) is 0.0256. The van der Waals surface area contributed by atoms with Gasteiger partial charge in [-0.3, -0.25) is 13.9 Å². The van der Waals surface area contributed by atoms with Crippen LogP contribution in [0.25, 0.3) is 10.4 Å². The molecule has 0 bridgehead atoms. The summed E-state index contributed by atoms with van der Waals surface area (Å²) in [5.41, 5.74) is 10.5. The predicted octanol–water partition coefficient (Wildman–Crippen LogP) is 6.24. The molecule has 0 aliphatic carbocycles. The smallest absolute Gasteiger partial charge is 0.383 e. The maximum atomic E-state index is 15.2. The summed E-state index contributed by atoms with van der Waals surface area (Å²) < 4.78 is 59.3. The molecule has 2 rings (SSSR count). The molecule has 0 aromatic carbocycles. The average Bonchev–Trinajstić information content (AvgIpc) is 3.35. The van der Waals surface area contributed by atoms with Crippen molar-refractivity contribution in [2.24, 2.45) is 5.11 Å². The van der Waals surface area contributed by atoms with Crippen LogP contribution in [0.4, 0.5) is 14.6 Å². The van der Waals surface area contributed by atoms with Gasteiger partial charge in [-0.2, -0.15) is 13.8 Å². The number of aliphatic hydroxyl groups excluding tert-OH is 1. The van der Waals surface area contributed by atoms with Crippen LogP contribution in [0, 0.1) is 0 Å². The Morgan fingerprint density at radius 1 is 1.07 bits per heavy atom. The van der Waals surface area contributed by atoms with Crippen LogP contribution >= 0.6 is 7.75 Å². The molecule has 5 N–H and O–H groups in total. The molecule has 0 spiro atoms. The van der Waals surface area contributed by atoms with Crippen molar-refractivity contribution in [2.45, 2.75) is 82.3 Å². The topological polar surface area (TPSA) is 219 Å². The normalized spacial score (nSPS) is 21.1. The lowest BCUT2D eigenvalue weighted by molar-refractivity contribution is -0.144. The van der Waals surface area contributed by atoms with Crippen molar-refractivity contribution in [3.63, 3.8) is 0 Å². The van der Waals surface area contributed by atoms with Gasteiger partial charge in [0.05, 0.1) is 6.61 Å². The van der Waals surface area contributed by atoms with Crippen LogP contribution in [-0.4, -0.2) is 90.2 Å². The van der Waals surface area contributed by atoms with Gasteiger partial charge in [-0.1, -0.05) is 85.0 Å². The van der Waals surface area contributed by atoms with Crippen molar-refractivity contribution < 1.29 is 37.0 Å². The molecular formula is C37H56F2N9O7P. The summed E-state index contributed by atoms with van der Waals surface area (Å²) >= 11 is 0. The van der Waals surface area contributed by atoms with Gasteiger partial charge in [0.25, 0.3) is 0 Å². The number of allylic oxidation sites excluding steroid dienone is 12. The van der Waals surface area contributed by atoms with Crippen molar-refractivity contribution >= 4 is 19.5 Å². The number of alkyl halides is 2. The SMILES string of the molecule is CC/C=C\C/C=C\C/C=C\C/C=C\C/C=C\C/C=C\CCC(=O)NCCN(C)CCNP(=O)(OC)OC[C@@]1(N=[N+]=[N-])O[C@@H](n2ccc(N)nc2=O)C(F)(F)[C@@H]1O. The molecule has 2 heterocycles. The fraction of sp³-hybridized carbons (Fsp3) is 0.541. The Morgan fingerprint density at radius 2 is 1.62 bits per heavy atom. The molecule has 1 unspecified atom stereocenters. The number of carbonyl (C=O) groups excluding carboxylic acids is 1. The molecule has 1 aromatic heterocycles. The minimum Gasteiger partial charge on any atom is -0.383 e. The van der Waals surface area contributed by atoms with Crippen molar-refractivity contribution in [2.75, 3.05) is 52.7 Å². The zero-order chi connectivity index (χ0) is 41.3. The molecule has 310 valence electrons. The highest BCUT2D eigenvalue weighted by Gasteiger charge is 2.67. The van der Waals surface area contributed by atoms with E-state index in [4.69, 9.17) is 25.0 Å². The van der Waals surface area contributed by atoms with Crippen molar-refractivity contribution in [1.82, 2.24) is 24.9 Å². The standard InChI is InChI=1S/C37H56F2N9O7P/c1-4-5-6-7-8-9-10-11-12-13-14-15-16-17-18-19-20-21-22-23-32(49)42-25-28-47(2)29-26-43-56(52,53-3)54-30-36(45-46-41)33(50)37(38,39)34(55-36)48-27-24-31(40)44-35(48)51/h5-6,8-9,11-12,14-15,17-18,20-21,24,27,33-34,50H,4,7,10,13,16,19,22-23,25-26,28-30H2,1-3H3,(H,42,49)(H,43,52)(H2,40,44,51)/b6-5-,9-8-,12-11-,15-14-,18-17-,21-20-/t33-,34-,36-,56?/m1/s1. The summed E-state index contributed by atoms with van der Waals surface area (Å²) in [5, 5.41) is 19.1. The van der Waals surface area contributed by atoms with Gasteiger partial charge in [0.15, 0.2) is 6.10 Å². The third kappa shape index (κ3) is 16.9. The highest BCUT2D eigenvalue weighted by molar-refractivity contribution is 7.51. The number of anilines is 1. The number of hydrogen-bond acceptors (Lipinski definition) is 11. The number of aliphatic hydroxyl groups is 1. The van der Waals surface area contributed by atoms with E-state index in [0.29, 0.717) is 37.0 Å². The zero-order valence-corrected chi connectivity index (χ0v) is 33.2. The van der Waals surface area contributed by atoms with Crippen LogP contribution in [-0.2, 0) is 23.1 Å². The Kier molecular flexibility index (Phi) is 22.1. The van der Waals surface area contributed by atoms with Crippen molar-refractivity contribution in [1.29, 1.82) is 0 Å². The number of nitrogens with two attached hydrogens (primary N) is 1. The Hall–Kier alpha value is -4.25. The molecular weight excluding hydrogens is 751 g/mol. The van der Waals surface area contributed by atoms with Crippen molar-refractivity contribution in [3.05, 3.63) is 106 Å². The number of carbonyl (C=O) groups is 1. The third-order valence-corrected chi connectivity index (χ3v) is 9.75. The molecule has 1 fully saturated rings. The average molecular weight is 808 g/mol. The zero-order valence-electron chi connectivity index (χ0n) is 32.3. The van der Waals surface area contributed by atoms with Gasteiger partial charge < -0.3 is 30.3 Å². The first-order chi connectivity index (χ1) is 26.8. The highest BCUT2D eigenvalue weighted by atomic mass is 31.2. The van der Waals surface area contributed by atoms with Gasteiger partial charge in [-0.15, -0.1) is 0 Å². The van der Waals surface area contributed by atoms with Gasteiger partial charge in [0, 0.05) is 50.8 Å². The van der Waals surface area contributed by atoms with E-state index < -0.39 is 44.0 Å². The number of rotatable bonds is 27. The lowest BCUT2D eigenvalue weighted by Gasteiger charge is -2.28. The minimum atomic E-state index is -4.21. The van der Waals surface area contributed by atoms with Crippen LogP contribution < -0.4 is 21.8 Å². The Labute approximate surface area is 327 Å². The van der Waals surface area contributed by atoms with E-state index >= 15 is 8.78 Å². The molecule has 1 aliphatic heterocycles. The maximum absolute atomic E-state index is 15.2. The third-order valence-electron chi connectivity index (χ3n) is 8.19. The molecule has 0 saturated carbocycles. The Bertz CT molecular complexity index is 1700. The summed E-state index contributed by atoms with van der Waals surface area (Å²) in [4.78, 5) is 32.1. The molecule has 1 amide bonds. The van der Waals surface area contributed by atoms with E-state index in [1.54, 1.807) is 7.05 Å². The molecule has 19 heteroatoms. The van der Waals surface area contributed by atoms with E-state index in [2.05, 4.69) is 93.1 Å². The Morgan fingerprint density at radius 3 is 2.16 bits per heavy atom. The van der Waals surface area contributed by atoms with Gasteiger partial charge in [0.2, 0.25) is 17.9 Å². The van der Waals surface area contributed by atoms with Crippen LogP contribution in [0.15, 0.2) is 95.1 Å². The summed E-state index contributed by atoms with van der Waals surface area (Å²) in [6.07, 6.45) is 27.7. The number of azide groups is 1. The van der Waals surface area contributed by atoms with E-state index in [9.17, 15) is 19.3 Å². The second-order valence-corrected chi connectivity index (χ2v) is 14.5. The van der Waals surface area contributed by atoms with E-state index in [1.165, 1.54) is 0 Å². The fourth-order valence-corrected chi connectivity index (χ4v) is 6.13. The van der Waals surface area contributed by atoms with Crippen LogP contribution in [0.3, 0.4) is 0 Å². The number of nitrogens with one attached hydrogen (secondary N) is 2. The number of likely N-dealkylation sites (N-methyl/N-ethyl adjacent to an activating group) is 1. The molecule has 1 aromatic rings. The summed E-state index contributed by atoms with van der Waals surface area (Å²) in [6.45, 7) is 2.15. The van der Waals surface area contributed by atoms with E-state index in [-0.39, 0.29) is 18.3 Å². The monoisotopic (exact) mass is 807 g/mol. The van der Waals surface area contributed by atoms with Crippen molar-refractivity contribution in [3.8, 4) is 0 Å². The largest absolute Gasteiger partial charge is 0.405 e. The van der Waals surface area contributed by atoms with Gasteiger partial charge in [-0.05, 0) is 63.6 Å². The van der Waals surface area contributed by atoms with Crippen LogP contribution in [0.2, 0.25) is 0 Å². The van der Waals surface area contributed by atoms with Gasteiger partial charge in [-0.25, -0.2) is 14.4 Å². The number of amides is 1. The number of nitrogen functional groups attached to an aromatic ring is 1. The first-order valence-corrected chi connectivity index (χ1v) is 19.9. The summed E-state index contributed by atoms with van der Waals surface area (Å²) in [7, 11) is -1.41. The summed E-state index contributed by atoms with van der Waals surface area (Å²) in [5.74, 6) is -4.52. The van der Waals surface area contributed by atoms with Gasteiger partial charge >= 0.3 is 19.4 Å². The fourth-order valence-electron chi connectivity index (χ4n) is 5.07. The molecule has 1 saturated heterocycles. The number of halogens is 2. The first kappa shape index (κ1) is 47.9. The molecule has 4 atom stereocenters. The van der Waals surface area contributed by atoms with Gasteiger partial charge in [0.1, 0.15) is 5.82 Å². The molecule has 16 nitrogen and oxygen atoms in total. The molecule has 56 heavy (non-hydrogen) atoms. The lowest BCUT2D eigenvalue weighted by Crippen LogP contribution is -2.48. The first-order valence-electron chi connectivity index (χ1n) is 18.4. The second-order valence-electron chi connectivity index (χ2n) is 12.6. The molecule has 0 radical (unpaired) electrons. The minimum absolute atomic E-state index is 0.0292. The number of ether oxygens (including phenoxy) is 1. The molecule has 1 aliphatic rings. The van der Waals surface area contributed by atoms with Crippen LogP contribution in [0.5, 0.6) is 0 Å². The second kappa shape index (κ2) is 25.8. The highest BCUT2D eigenvalue weighted by Crippen LogP contribution is 2.51. The Balaban J connectivity index is 1.65. The number of aromatic nitrogens is 2. The van der Waals surface area contributed by atoms with E-state index in [1.807, 2.05) is 17.1 Å². The van der Waals surface area contributed by atoms with Crippen LogP contribution in [0.1, 0.15) is 64.5 Å². The summed E-state index contributed by atoms with van der Waals surface area (Å²) in [6, 6.07) is 1.06.